The molecule has 4 nitrogen and oxygen atoms in total. The summed E-state index contributed by atoms with van der Waals surface area (Å²) in [6.07, 6.45) is 0.492. The number of fused-ring (bicyclic) bond motifs is 1. The van der Waals surface area contributed by atoms with Gasteiger partial charge < -0.3 is 11.1 Å². The third kappa shape index (κ3) is 4.62. The second-order valence-electron chi connectivity index (χ2n) is 7.09. The summed E-state index contributed by atoms with van der Waals surface area (Å²) in [5.74, 6) is -2.70. The molecule has 0 bridgehead atoms. The molecule has 2 amide bonds. The van der Waals surface area contributed by atoms with E-state index in [1.54, 1.807) is 35.6 Å². The predicted octanol–water partition coefficient (Wildman–Crippen LogP) is 4.65. The summed E-state index contributed by atoms with van der Waals surface area (Å²) in [6, 6.07) is 19.0. The molecule has 4 rings (SSSR count). The number of nitrogens with two attached hydrogens (primary N) is 1. The van der Waals surface area contributed by atoms with Gasteiger partial charge in [-0.15, -0.1) is 11.3 Å². The number of amides is 2. The quantitative estimate of drug-likeness (QED) is 0.462. The number of nitrogens with one attached hydrogen (secondary N) is 1. The maximum Gasteiger partial charge on any atom is 0.251 e. The highest BCUT2D eigenvalue weighted by molar-refractivity contribution is 7.19. The summed E-state index contributed by atoms with van der Waals surface area (Å²) in [6.45, 7) is -0.225. The van der Waals surface area contributed by atoms with Crippen LogP contribution in [0.4, 0.5) is 8.78 Å². The summed E-state index contributed by atoms with van der Waals surface area (Å²) in [5.41, 5.74) is 8.02. The lowest BCUT2D eigenvalue weighted by atomic mass is 10.0. The first kappa shape index (κ1) is 20.7. The van der Waals surface area contributed by atoms with Gasteiger partial charge in [-0.05, 0) is 52.4 Å². The van der Waals surface area contributed by atoms with Gasteiger partial charge in [0.25, 0.3) is 5.91 Å². The number of carbonyl (C=O) groups is 2. The number of hydrogen-bond acceptors (Lipinski definition) is 3. The van der Waals surface area contributed by atoms with Crippen molar-refractivity contribution < 1.29 is 18.4 Å². The van der Waals surface area contributed by atoms with Gasteiger partial charge in [0.1, 0.15) is 0 Å². The average Bonchev–Trinajstić information content (AvgIpc) is 3.17. The molecule has 0 aliphatic heterocycles. The molecule has 0 fully saturated rings. The van der Waals surface area contributed by atoms with Crippen molar-refractivity contribution in [1.82, 2.24) is 5.32 Å². The zero-order valence-corrected chi connectivity index (χ0v) is 17.1. The van der Waals surface area contributed by atoms with Crippen molar-refractivity contribution in [2.75, 3.05) is 6.54 Å². The van der Waals surface area contributed by atoms with Gasteiger partial charge in [0, 0.05) is 21.6 Å². The number of hydrogen-bond donors (Lipinski definition) is 2. The van der Waals surface area contributed by atoms with Gasteiger partial charge >= 0.3 is 0 Å². The van der Waals surface area contributed by atoms with Crippen molar-refractivity contribution in [2.24, 2.45) is 5.73 Å². The van der Waals surface area contributed by atoms with Crippen molar-refractivity contribution in [3.8, 4) is 11.1 Å². The van der Waals surface area contributed by atoms with E-state index in [1.807, 2.05) is 30.3 Å². The van der Waals surface area contributed by atoms with Crippen molar-refractivity contribution in [1.29, 1.82) is 0 Å². The first-order valence-corrected chi connectivity index (χ1v) is 10.3. The van der Waals surface area contributed by atoms with Gasteiger partial charge in [-0.3, -0.25) is 9.59 Å². The Morgan fingerprint density at radius 3 is 2.52 bits per heavy atom. The Labute approximate surface area is 181 Å². The molecular formula is C24H18F2N2O2S. The van der Waals surface area contributed by atoms with Gasteiger partial charge in [-0.25, -0.2) is 8.78 Å². The molecule has 0 spiro atoms. The summed E-state index contributed by atoms with van der Waals surface area (Å²) in [5, 5.41) is 3.52. The Morgan fingerprint density at radius 2 is 1.74 bits per heavy atom. The van der Waals surface area contributed by atoms with Crippen LogP contribution in [0.15, 0.2) is 66.7 Å². The normalized spacial score (nSPS) is 10.9. The molecule has 0 unspecified atom stereocenters. The van der Waals surface area contributed by atoms with E-state index in [-0.39, 0.29) is 12.5 Å². The topological polar surface area (TPSA) is 72.2 Å². The van der Waals surface area contributed by atoms with E-state index < -0.39 is 17.5 Å². The fraction of sp³-hybridized carbons (Fsp3) is 0.0833. The molecule has 31 heavy (non-hydrogen) atoms. The minimum absolute atomic E-state index is 0.225. The molecule has 0 atom stereocenters. The Morgan fingerprint density at radius 1 is 0.935 bits per heavy atom. The van der Waals surface area contributed by atoms with Crippen LogP contribution in [0.25, 0.3) is 21.2 Å². The van der Waals surface area contributed by atoms with E-state index in [9.17, 15) is 18.4 Å². The summed E-state index contributed by atoms with van der Waals surface area (Å²) in [4.78, 5) is 24.2. The molecular weight excluding hydrogens is 418 g/mol. The molecule has 156 valence electrons. The van der Waals surface area contributed by atoms with Gasteiger partial charge in [0.2, 0.25) is 5.91 Å². The second-order valence-corrected chi connectivity index (χ2v) is 8.23. The fourth-order valence-electron chi connectivity index (χ4n) is 3.38. The van der Waals surface area contributed by atoms with Gasteiger partial charge in [-0.2, -0.15) is 0 Å². The van der Waals surface area contributed by atoms with E-state index in [0.717, 1.165) is 32.2 Å². The van der Waals surface area contributed by atoms with Crippen molar-refractivity contribution in [3.63, 3.8) is 0 Å². The Bertz CT molecular complexity index is 1300. The van der Waals surface area contributed by atoms with E-state index in [2.05, 4.69) is 5.32 Å². The first-order chi connectivity index (χ1) is 14.9. The number of benzene rings is 3. The van der Waals surface area contributed by atoms with Gasteiger partial charge in [-0.1, -0.05) is 36.4 Å². The first-order valence-electron chi connectivity index (χ1n) is 9.53. The molecule has 0 aliphatic rings. The van der Waals surface area contributed by atoms with Crippen LogP contribution in [0, 0.1) is 11.6 Å². The lowest BCUT2D eigenvalue weighted by Crippen LogP contribution is -2.33. The number of halogens is 2. The largest absolute Gasteiger partial charge is 0.368 e. The highest BCUT2D eigenvalue weighted by Gasteiger charge is 2.12. The van der Waals surface area contributed by atoms with Crippen LogP contribution in [0.5, 0.6) is 0 Å². The molecule has 7 heteroatoms. The fourth-order valence-corrected chi connectivity index (χ4v) is 4.61. The lowest BCUT2D eigenvalue weighted by molar-refractivity contribution is -0.117. The maximum atomic E-state index is 13.5. The van der Waals surface area contributed by atoms with Crippen LogP contribution in [0.2, 0.25) is 0 Å². The summed E-state index contributed by atoms with van der Waals surface area (Å²) in [7, 11) is 0. The molecule has 0 saturated heterocycles. The Kier molecular flexibility index (Phi) is 5.77. The SMILES string of the molecule is NC(=O)CNC(=O)c1cccc(-c2cccc3cc(Cc4ccc(F)c(F)c4)sc23)c1. The molecule has 3 N–H and O–H groups in total. The molecule has 4 aromatic rings. The predicted molar refractivity (Wildman–Crippen MR) is 118 cm³/mol. The van der Waals surface area contributed by atoms with Crippen LogP contribution in [-0.4, -0.2) is 18.4 Å². The highest BCUT2D eigenvalue weighted by Crippen LogP contribution is 2.36. The van der Waals surface area contributed by atoms with Gasteiger partial charge in [0.05, 0.1) is 6.54 Å². The highest BCUT2D eigenvalue weighted by atomic mass is 32.1. The average molecular weight is 436 g/mol. The van der Waals surface area contributed by atoms with Crippen molar-refractivity contribution >= 4 is 33.2 Å². The van der Waals surface area contributed by atoms with Crippen LogP contribution in [0.1, 0.15) is 20.8 Å². The second kappa shape index (κ2) is 8.65. The Balaban J connectivity index is 1.66. The van der Waals surface area contributed by atoms with E-state index >= 15 is 0 Å². The molecule has 0 saturated carbocycles. The number of thiophene rings is 1. The standard InChI is InChI=1S/C24H18F2N2O2S/c25-20-8-7-14(10-21(20)26)9-18-12-16-4-2-6-19(23(16)31-18)15-3-1-5-17(11-15)24(30)28-13-22(27)29/h1-8,10-12H,9,13H2,(H2,27,29)(H,28,30). The number of carbonyl (C=O) groups excluding carboxylic acids is 2. The third-order valence-electron chi connectivity index (χ3n) is 4.82. The number of rotatable bonds is 6. The smallest absolute Gasteiger partial charge is 0.251 e. The zero-order valence-electron chi connectivity index (χ0n) is 16.3. The molecule has 0 radical (unpaired) electrons. The van der Waals surface area contributed by atoms with Crippen molar-refractivity contribution in [2.45, 2.75) is 6.42 Å². The van der Waals surface area contributed by atoms with E-state index in [0.29, 0.717) is 17.5 Å². The number of primary amides is 1. The summed E-state index contributed by atoms with van der Waals surface area (Å²) < 4.78 is 27.8. The minimum atomic E-state index is -0.859. The maximum absolute atomic E-state index is 13.5. The lowest BCUT2D eigenvalue weighted by Gasteiger charge is -2.07. The molecule has 3 aromatic carbocycles. The van der Waals surface area contributed by atoms with Gasteiger partial charge in [0.15, 0.2) is 11.6 Å². The molecule has 1 aromatic heterocycles. The monoisotopic (exact) mass is 436 g/mol. The molecule has 1 heterocycles. The van der Waals surface area contributed by atoms with Crippen LogP contribution in [0.3, 0.4) is 0 Å². The Hall–Kier alpha value is -3.58. The molecule has 0 aliphatic carbocycles. The van der Waals surface area contributed by atoms with E-state index in [1.165, 1.54) is 6.07 Å². The third-order valence-corrected chi connectivity index (χ3v) is 6.00. The minimum Gasteiger partial charge on any atom is -0.368 e. The van der Waals surface area contributed by atoms with Crippen LogP contribution in [-0.2, 0) is 11.2 Å². The van der Waals surface area contributed by atoms with Crippen molar-refractivity contribution in [3.05, 3.63) is 94.4 Å². The zero-order chi connectivity index (χ0) is 22.0. The van der Waals surface area contributed by atoms with E-state index in [4.69, 9.17) is 5.73 Å². The van der Waals surface area contributed by atoms with Crippen LogP contribution < -0.4 is 11.1 Å². The summed E-state index contributed by atoms with van der Waals surface area (Å²) >= 11 is 1.57. The van der Waals surface area contributed by atoms with Crippen LogP contribution >= 0.6 is 11.3 Å².